The molecule has 1 atom stereocenters. The average Bonchev–Trinajstić information content (AvgIpc) is 2.82. The zero-order valence-corrected chi connectivity index (χ0v) is 12.3. The summed E-state index contributed by atoms with van der Waals surface area (Å²) in [6, 6.07) is 5.61. The van der Waals surface area contributed by atoms with E-state index in [9.17, 15) is 4.39 Å². The Bertz CT molecular complexity index is 583. The van der Waals surface area contributed by atoms with E-state index >= 15 is 0 Å². The molecule has 0 fully saturated rings. The Morgan fingerprint density at radius 2 is 2.37 bits per heavy atom. The Morgan fingerprint density at radius 1 is 1.47 bits per heavy atom. The largest absolute Gasteiger partial charge is 0.305 e. The van der Waals surface area contributed by atoms with Gasteiger partial charge in [-0.25, -0.2) is 9.37 Å². The van der Waals surface area contributed by atoms with E-state index in [0.29, 0.717) is 0 Å². The second-order valence-corrected chi connectivity index (χ2v) is 6.63. The van der Waals surface area contributed by atoms with Crippen LogP contribution in [0.25, 0.3) is 0 Å². The molecule has 1 aromatic carbocycles. The maximum atomic E-state index is 13.8. The number of hydrogen-bond acceptors (Lipinski definition) is 4. The van der Waals surface area contributed by atoms with E-state index in [1.807, 2.05) is 18.5 Å². The summed E-state index contributed by atoms with van der Waals surface area (Å²) in [5.41, 5.74) is 4.05. The van der Waals surface area contributed by atoms with Gasteiger partial charge < -0.3 is 5.32 Å². The van der Waals surface area contributed by atoms with Crippen molar-refractivity contribution in [2.75, 3.05) is 5.75 Å². The predicted octanol–water partition coefficient (Wildman–Crippen LogP) is 3.92. The summed E-state index contributed by atoms with van der Waals surface area (Å²) in [5.74, 6) is 0.871. The van der Waals surface area contributed by atoms with Crippen molar-refractivity contribution in [3.05, 3.63) is 45.7 Å². The van der Waals surface area contributed by atoms with Crippen LogP contribution in [0.2, 0.25) is 0 Å². The van der Waals surface area contributed by atoms with Crippen LogP contribution in [0.15, 0.2) is 28.6 Å². The molecule has 19 heavy (non-hydrogen) atoms. The van der Waals surface area contributed by atoms with Gasteiger partial charge in [-0.05, 0) is 30.7 Å². The molecule has 0 saturated carbocycles. The number of thioether (sulfide) groups is 1. The van der Waals surface area contributed by atoms with E-state index in [-0.39, 0.29) is 11.9 Å². The number of aryl methyl sites for hydroxylation is 1. The van der Waals surface area contributed by atoms with Gasteiger partial charge in [0.25, 0.3) is 0 Å². The van der Waals surface area contributed by atoms with Crippen LogP contribution >= 0.6 is 23.1 Å². The van der Waals surface area contributed by atoms with Gasteiger partial charge in [0.2, 0.25) is 0 Å². The third kappa shape index (κ3) is 2.68. The zero-order valence-electron chi connectivity index (χ0n) is 10.6. The van der Waals surface area contributed by atoms with Crippen LogP contribution in [-0.4, -0.2) is 10.7 Å². The molecule has 5 heteroatoms. The number of aromatic nitrogens is 1. The maximum absolute atomic E-state index is 13.8. The number of halogens is 1. The Balaban J connectivity index is 1.77. The summed E-state index contributed by atoms with van der Waals surface area (Å²) < 4.78 is 13.8. The Labute approximate surface area is 120 Å². The van der Waals surface area contributed by atoms with Gasteiger partial charge in [-0.3, -0.25) is 0 Å². The van der Waals surface area contributed by atoms with Crippen LogP contribution < -0.4 is 5.32 Å². The van der Waals surface area contributed by atoms with E-state index in [2.05, 4.69) is 10.3 Å². The highest BCUT2D eigenvalue weighted by Crippen LogP contribution is 2.37. The third-order valence-corrected chi connectivity index (χ3v) is 5.47. The highest BCUT2D eigenvalue weighted by atomic mass is 32.2. The molecule has 2 aromatic rings. The number of rotatable bonds is 3. The minimum absolute atomic E-state index is 0.0945. The molecule has 0 bridgehead atoms. The molecular formula is C14H15FN2S2. The minimum Gasteiger partial charge on any atom is -0.305 e. The van der Waals surface area contributed by atoms with Crippen molar-refractivity contribution in [1.29, 1.82) is 0 Å². The van der Waals surface area contributed by atoms with Gasteiger partial charge in [-0.2, -0.15) is 0 Å². The first-order chi connectivity index (χ1) is 9.25. The highest BCUT2D eigenvalue weighted by molar-refractivity contribution is 7.99. The minimum atomic E-state index is -0.0945. The molecule has 1 aliphatic heterocycles. The fourth-order valence-corrected chi connectivity index (χ4v) is 4.18. The fraction of sp³-hybridized carbons (Fsp3) is 0.357. The summed E-state index contributed by atoms with van der Waals surface area (Å²) in [7, 11) is 0. The van der Waals surface area contributed by atoms with E-state index in [1.54, 1.807) is 35.2 Å². The zero-order chi connectivity index (χ0) is 13.2. The average molecular weight is 294 g/mol. The molecule has 0 aliphatic carbocycles. The number of thiazole rings is 1. The molecule has 100 valence electrons. The molecule has 1 aliphatic rings. The Morgan fingerprint density at radius 3 is 3.16 bits per heavy atom. The third-order valence-electron chi connectivity index (χ3n) is 3.38. The van der Waals surface area contributed by atoms with Gasteiger partial charge in [-0.1, -0.05) is 12.1 Å². The lowest BCUT2D eigenvalue weighted by atomic mass is 10.0. The van der Waals surface area contributed by atoms with Crippen molar-refractivity contribution >= 4 is 23.1 Å². The van der Waals surface area contributed by atoms with Crippen LogP contribution in [-0.2, 0) is 6.54 Å². The van der Waals surface area contributed by atoms with Crippen molar-refractivity contribution in [3.63, 3.8) is 0 Å². The van der Waals surface area contributed by atoms with Crippen LogP contribution in [0.1, 0.15) is 28.6 Å². The van der Waals surface area contributed by atoms with Gasteiger partial charge in [0.15, 0.2) is 0 Å². The lowest BCUT2D eigenvalue weighted by Gasteiger charge is -2.26. The molecule has 1 N–H and O–H groups in total. The van der Waals surface area contributed by atoms with Gasteiger partial charge >= 0.3 is 0 Å². The van der Waals surface area contributed by atoms with Crippen molar-refractivity contribution < 1.29 is 4.39 Å². The van der Waals surface area contributed by atoms with E-state index in [4.69, 9.17) is 0 Å². The maximum Gasteiger partial charge on any atom is 0.137 e. The second-order valence-electron chi connectivity index (χ2n) is 4.59. The van der Waals surface area contributed by atoms with Gasteiger partial charge in [-0.15, -0.1) is 23.1 Å². The molecule has 0 radical (unpaired) electrons. The van der Waals surface area contributed by atoms with Gasteiger partial charge in [0.05, 0.1) is 11.2 Å². The summed E-state index contributed by atoms with van der Waals surface area (Å²) in [4.78, 5) is 6.33. The molecule has 2 heterocycles. The summed E-state index contributed by atoms with van der Waals surface area (Å²) in [6.45, 7) is 2.83. The highest BCUT2D eigenvalue weighted by Gasteiger charge is 2.22. The fourth-order valence-electron chi connectivity index (χ4n) is 2.31. The van der Waals surface area contributed by atoms with E-state index in [1.165, 1.54) is 4.88 Å². The summed E-state index contributed by atoms with van der Waals surface area (Å²) in [6.07, 6.45) is 1.04. The molecule has 2 nitrogen and oxygen atoms in total. The summed E-state index contributed by atoms with van der Waals surface area (Å²) in [5, 5.41) is 3.54. The lowest BCUT2D eigenvalue weighted by molar-refractivity contribution is 0.498. The molecule has 3 rings (SSSR count). The quantitative estimate of drug-likeness (QED) is 0.929. The number of fused-ring (bicyclic) bond motifs is 1. The molecule has 0 spiro atoms. The normalized spacial score (nSPS) is 18.3. The van der Waals surface area contributed by atoms with Crippen molar-refractivity contribution in [1.82, 2.24) is 10.3 Å². The first kappa shape index (κ1) is 13.1. The first-order valence-corrected chi connectivity index (χ1v) is 8.16. The topological polar surface area (TPSA) is 24.9 Å². The second kappa shape index (κ2) is 5.61. The monoisotopic (exact) mass is 294 g/mol. The van der Waals surface area contributed by atoms with Crippen molar-refractivity contribution in [3.8, 4) is 0 Å². The van der Waals surface area contributed by atoms with Gasteiger partial charge in [0.1, 0.15) is 5.82 Å². The van der Waals surface area contributed by atoms with Crippen molar-refractivity contribution in [2.45, 2.75) is 30.8 Å². The predicted molar refractivity (Wildman–Crippen MR) is 78.2 cm³/mol. The number of hydrogen-bond donors (Lipinski definition) is 1. The lowest BCUT2D eigenvalue weighted by Crippen LogP contribution is -2.24. The Hall–Kier alpha value is -0.910. The number of benzene rings is 1. The van der Waals surface area contributed by atoms with Crippen LogP contribution in [0.4, 0.5) is 4.39 Å². The van der Waals surface area contributed by atoms with Gasteiger partial charge in [0, 0.05) is 22.4 Å². The molecule has 1 unspecified atom stereocenters. The van der Waals surface area contributed by atoms with Crippen LogP contribution in [0, 0.1) is 12.7 Å². The Kier molecular flexibility index (Phi) is 3.86. The van der Waals surface area contributed by atoms with E-state index < -0.39 is 0 Å². The molecule has 1 aromatic heterocycles. The SMILES string of the molecule is Cc1ncsc1CNC1CCSc2c(F)cccc21. The smallest absolute Gasteiger partial charge is 0.137 e. The molecule has 0 saturated heterocycles. The van der Waals surface area contributed by atoms with Crippen molar-refractivity contribution in [2.24, 2.45) is 0 Å². The number of nitrogens with one attached hydrogen (secondary N) is 1. The molecule has 0 amide bonds. The van der Waals surface area contributed by atoms with Crippen LogP contribution in [0.3, 0.4) is 0 Å². The standard InChI is InChI=1S/C14H15FN2S2/c1-9-13(19-8-17-9)7-16-12-5-6-18-14-10(12)3-2-4-11(14)15/h2-4,8,12,16H,5-7H2,1H3. The van der Waals surface area contributed by atoms with E-state index in [0.717, 1.165) is 34.9 Å². The summed E-state index contributed by atoms with van der Waals surface area (Å²) >= 11 is 3.29. The van der Waals surface area contributed by atoms with Crippen LogP contribution in [0.5, 0.6) is 0 Å². The molecular weight excluding hydrogens is 279 g/mol. The first-order valence-electron chi connectivity index (χ1n) is 6.29. The number of nitrogens with zero attached hydrogens (tertiary/aromatic N) is 1.